The lowest BCUT2D eigenvalue weighted by Gasteiger charge is -2.26. The molecule has 3 heterocycles. The molecule has 4 atom stereocenters. The molecule has 0 fully saturated rings. The Balaban J connectivity index is 0.980. The fourth-order valence-corrected chi connectivity index (χ4v) is 13.8. The molecule has 0 aliphatic carbocycles. The maximum absolute atomic E-state index is 13.2. The van der Waals surface area contributed by atoms with E-state index in [1.807, 2.05) is 0 Å². The molecule has 6 aromatic carbocycles. The minimum atomic E-state index is -5.06. The van der Waals surface area contributed by atoms with Crippen molar-refractivity contribution in [2.45, 2.75) is 81.5 Å². The standard InChI is InChI=1S/C65H74N18O24S6/c1-37(86)33-82(34-38(2)87)64-77-57(66-45-17-21-51(22-18-45)110(92,93)94)72-60(79-64)69-48-14-10-42(54(30-48)109-107-105-91)6-7-43-11-15-49(31-55(43)112(98,99)100)70-61-74-59(75-63(76-61)81(25-27-84)26-28-85)68-47-13-9-41(53(29-47)108-106-104-90)5-8-44-12-16-50(32-56(44)113(101,102)103)71-62-73-58(67-46-19-23-52(24-20-46)111(95,96)97)78-65(80-62)83(35-39(3)88)36-40(4)89/h5-24,29-32,37-40,84-91H,25-28,33-36H2,1-4H3,(H,92,93,94)(H,95,96,97)(H,98,99,100)(H,101,102,103)(H2,66,69,72,77,79)(H2,67,71,73,78,80)(H2,68,70,74,75,76)/b7-6+,8-5+. The molecular formula is C65H74N18O24S6. The number of rotatable bonds is 41. The van der Waals surface area contributed by atoms with E-state index in [2.05, 4.69) is 86.8 Å². The number of nitrogens with one attached hydrogen (secondary N) is 6. The molecule has 18 N–H and O–H groups in total. The zero-order valence-electron chi connectivity index (χ0n) is 59.4. The van der Waals surface area contributed by atoms with Crippen molar-refractivity contribution >= 4 is 177 Å². The van der Waals surface area contributed by atoms with Crippen LogP contribution in [0.5, 0.6) is 0 Å². The Morgan fingerprint density at radius 1 is 0.363 bits per heavy atom. The summed E-state index contributed by atoms with van der Waals surface area (Å²) in [4.78, 5) is 42.8. The van der Waals surface area contributed by atoms with Crippen LogP contribution in [0.1, 0.15) is 49.9 Å². The number of hydrogen-bond acceptors (Lipinski definition) is 40. The molecular weight excluding hydrogens is 1610 g/mol. The van der Waals surface area contributed by atoms with E-state index in [1.165, 1.54) is 146 Å². The van der Waals surface area contributed by atoms with Crippen molar-refractivity contribution in [3.8, 4) is 0 Å². The van der Waals surface area contributed by atoms with Gasteiger partial charge < -0.3 is 77.2 Å². The van der Waals surface area contributed by atoms with Gasteiger partial charge in [-0.25, -0.2) is 10.5 Å². The quantitative estimate of drug-likeness (QED) is 0.00614. The van der Waals surface area contributed by atoms with Gasteiger partial charge in [-0.05, 0) is 147 Å². The second-order valence-corrected chi connectivity index (χ2v) is 31.4. The van der Waals surface area contributed by atoms with Crippen molar-refractivity contribution in [1.82, 2.24) is 44.9 Å². The summed E-state index contributed by atoms with van der Waals surface area (Å²) >= 11 is 0.991. The summed E-state index contributed by atoms with van der Waals surface area (Å²) in [6.07, 6.45) is 1.74. The Morgan fingerprint density at radius 3 is 0.885 bits per heavy atom. The van der Waals surface area contributed by atoms with E-state index >= 15 is 0 Å². The van der Waals surface area contributed by atoms with Gasteiger partial charge in [-0.15, -0.1) is 8.67 Å². The van der Waals surface area contributed by atoms with Gasteiger partial charge in [-0.3, -0.25) is 18.2 Å². The van der Waals surface area contributed by atoms with E-state index in [1.54, 1.807) is 6.07 Å². The number of hydrogen-bond donors (Lipinski definition) is 18. The third kappa shape index (κ3) is 26.0. The Kier molecular flexibility index (Phi) is 30.0. The van der Waals surface area contributed by atoms with Gasteiger partial charge in [0.1, 0.15) is 9.79 Å². The van der Waals surface area contributed by atoms with E-state index in [0.717, 1.165) is 36.4 Å². The highest BCUT2D eigenvalue weighted by Crippen LogP contribution is 2.36. The molecule has 9 aromatic rings. The van der Waals surface area contributed by atoms with Crippen LogP contribution in [-0.4, -0.2) is 215 Å². The molecule has 3 aromatic heterocycles. The first-order chi connectivity index (χ1) is 53.5. The lowest BCUT2D eigenvalue weighted by molar-refractivity contribution is -0.432. The number of aromatic nitrogens is 9. The highest BCUT2D eigenvalue weighted by atomic mass is 32.2. The molecule has 0 spiro atoms. The predicted molar refractivity (Wildman–Crippen MR) is 414 cm³/mol. The molecule has 0 aliphatic rings. The lowest BCUT2D eigenvalue weighted by atomic mass is 10.1. The first-order valence-corrected chi connectivity index (χ1v) is 40.2. The summed E-state index contributed by atoms with van der Waals surface area (Å²) in [6, 6.07) is 26.4. The molecule has 4 unspecified atom stereocenters. The van der Waals surface area contributed by atoms with Crippen molar-refractivity contribution < 1.29 is 112 Å². The van der Waals surface area contributed by atoms with Crippen LogP contribution in [0.25, 0.3) is 24.3 Å². The zero-order valence-corrected chi connectivity index (χ0v) is 64.3. The molecule has 113 heavy (non-hydrogen) atoms. The van der Waals surface area contributed by atoms with E-state index < -0.39 is 92.8 Å². The smallest absolute Gasteiger partial charge is 0.295 e. The van der Waals surface area contributed by atoms with Crippen molar-refractivity contribution in [3.05, 3.63) is 144 Å². The average Bonchev–Trinajstić information content (AvgIpc) is 0.805. The molecule has 48 heteroatoms. The minimum Gasteiger partial charge on any atom is -0.395 e. The molecule has 604 valence electrons. The number of benzene rings is 6. The summed E-state index contributed by atoms with van der Waals surface area (Å²) in [6.45, 7) is 4.69. The Hall–Kier alpha value is -10.1. The number of aliphatic hydroxyl groups excluding tert-OH is 6. The maximum atomic E-state index is 13.2. The van der Waals surface area contributed by atoms with Crippen LogP contribution < -0.4 is 46.6 Å². The summed E-state index contributed by atoms with van der Waals surface area (Å²) in [7, 11) is -19.2. The highest BCUT2D eigenvalue weighted by molar-refractivity contribution is 7.95. The second kappa shape index (κ2) is 39.1. The highest BCUT2D eigenvalue weighted by Gasteiger charge is 2.25. The third-order valence-electron chi connectivity index (χ3n) is 15.0. The van der Waals surface area contributed by atoms with Gasteiger partial charge in [0.15, 0.2) is 0 Å². The topological polar surface area (TPSA) is 614 Å². The van der Waals surface area contributed by atoms with Gasteiger partial charge in [0, 0.05) is 83.2 Å². The van der Waals surface area contributed by atoms with E-state index in [4.69, 9.17) is 8.67 Å². The summed E-state index contributed by atoms with van der Waals surface area (Å²) in [5.41, 5.74) is 1.46. The maximum Gasteiger partial charge on any atom is 0.295 e. The summed E-state index contributed by atoms with van der Waals surface area (Å²) in [5.74, 6) is -1.26. The number of aliphatic hydroxyl groups is 6. The van der Waals surface area contributed by atoms with Crippen LogP contribution in [0.15, 0.2) is 151 Å². The van der Waals surface area contributed by atoms with Gasteiger partial charge in [-0.1, -0.05) is 58.6 Å². The molecule has 9 rings (SSSR count). The van der Waals surface area contributed by atoms with Gasteiger partial charge in [0.05, 0.1) is 71.5 Å². The van der Waals surface area contributed by atoms with Crippen LogP contribution >= 0.6 is 24.1 Å². The molecule has 0 bridgehead atoms. The first-order valence-electron chi connectivity index (χ1n) is 32.9. The van der Waals surface area contributed by atoms with Crippen LogP contribution in [0.4, 0.5) is 87.7 Å². The Labute approximate surface area is 653 Å². The van der Waals surface area contributed by atoms with E-state index in [0.29, 0.717) is 29.6 Å². The predicted octanol–water partition coefficient (Wildman–Crippen LogP) is 6.81. The largest absolute Gasteiger partial charge is 0.395 e. The first kappa shape index (κ1) is 86.9. The normalized spacial score (nSPS) is 13.2. The average molecular weight is 1680 g/mol. The minimum absolute atomic E-state index is 0.00981. The van der Waals surface area contributed by atoms with Crippen LogP contribution in [0.2, 0.25) is 0 Å². The van der Waals surface area contributed by atoms with Gasteiger partial charge in [-0.2, -0.15) is 78.5 Å². The zero-order chi connectivity index (χ0) is 82.0. The van der Waals surface area contributed by atoms with Gasteiger partial charge in [0.25, 0.3) is 40.5 Å². The van der Waals surface area contributed by atoms with Crippen molar-refractivity contribution in [2.75, 3.05) is 99.1 Å². The molecule has 0 aliphatic heterocycles. The Bertz CT molecular complexity index is 5320. The fraction of sp³-hybridized carbons (Fsp3) is 0.246. The lowest BCUT2D eigenvalue weighted by Crippen LogP contribution is -2.37. The van der Waals surface area contributed by atoms with Crippen LogP contribution in [0, 0.1) is 0 Å². The van der Waals surface area contributed by atoms with Gasteiger partial charge in [0.2, 0.25) is 53.5 Å². The van der Waals surface area contributed by atoms with Crippen molar-refractivity contribution in [3.63, 3.8) is 0 Å². The van der Waals surface area contributed by atoms with Crippen molar-refractivity contribution in [1.29, 1.82) is 0 Å². The molecule has 42 nitrogen and oxygen atoms in total. The molecule has 0 radical (unpaired) electrons. The summed E-state index contributed by atoms with van der Waals surface area (Å²) < 4.78 is 149. The van der Waals surface area contributed by atoms with Crippen molar-refractivity contribution in [2.24, 2.45) is 0 Å². The Morgan fingerprint density at radius 2 is 0.619 bits per heavy atom. The van der Waals surface area contributed by atoms with Crippen LogP contribution in [0.3, 0.4) is 0 Å². The SMILES string of the molecule is CC(O)CN(CC(C)O)c1nc(Nc2ccc(S(=O)(=O)O)cc2)nc(Nc2ccc(/C=C/c3ccc(Nc4nc(Nc5ccc(/C=C/c6ccc(Nc7nc(Nc8ccc(S(=O)(=O)O)cc8)nc(N(CC(C)O)CC(C)O)n7)cc6S(=O)(=O)O)c(SOOO)c5)nc(N(CCO)CCO)n4)cc3S(=O)(=O)O)c(SOOO)c2)n1. The van der Waals surface area contributed by atoms with E-state index in [9.17, 15) is 93.0 Å². The van der Waals surface area contributed by atoms with Crippen LogP contribution in [-0.2, 0) is 59.2 Å². The molecule has 0 amide bonds. The molecule has 0 saturated heterocycles. The second-order valence-electron chi connectivity index (χ2n) is 24.3. The monoisotopic (exact) mass is 1680 g/mol. The number of nitrogens with zero attached hydrogens (tertiary/aromatic N) is 12. The number of anilines is 15. The summed E-state index contributed by atoms with van der Waals surface area (Å²) in [5, 5.41) is 105. The fourth-order valence-electron chi connectivity index (χ4n) is 10.4. The van der Waals surface area contributed by atoms with Gasteiger partial charge >= 0.3 is 0 Å². The molecule has 0 saturated carbocycles. The third-order valence-corrected chi connectivity index (χ3v) is 19.9. The van der Waals surface area contributed by atoms with E-state index in [-0.39, 0.29) is 158 Å².